The molecule has 1 aliphatic rings. The molecule has 0 aliphatic heterocycles. The number of rotatable bonds is 6. The maximum Gasteiger partial charge on any atom is 0.244 e. The first-order valence-electron chi connectivity index (χ1n) is 11.4. The molecule has 1 amide bonds. The highest BCUT2D eigenvalue weighted by molar-refractivity contribution is 9.10. The van der Waals surface area contributed by atoms with Crippen LogP contribution in [-0.4, -0.2) is 18.6 Å². The molecule has 1 fully saturated rings. The van der Waals surface area contributed by atoms with Gasteiger partial charge in [0.2, 0.25) is 5.91 Å². The van der Waals surface area contributed by atoms with Crippen molar-refractivity contribution in [1.82, 2.24) is 5.32 Å². The van der Waals surface area contributed by atoms with Crippen LogP contribution in [0.5, 0.6) is 5.75 Å². The van der Waals surface area contributed by atoms with E-state index in [1.54, 1.807) is 12.3 Å². The first kappa shape index (κ1) is 22.7. The highest BCUT2D eigenvalue weighted by atomic mass is 79.9. The third kappa shape index (κ3) is 4.93. The summed E-state index contributed by atoms with van der Waals surface area (Å²) in [6.45, 7) is 6.69. The molecule has 32 heavy (non-hydrogen) atoms. The van der Waals surface area contributed by atoms with Crippen molar-refractivity contribution in [2.24, 2.45) is 5.92 Å². The van der Waals surface area contributed by atoms with E-state index in [0.29, 0.717) is 12.5 Å². The molecular formula is C27H30BrNO3. The van der Waals surface area contributed by atoms with Crippen molar-refractivity contribution in [2.75, 3.05) is 6.61 Å². The van der Waals surface area contributed by atoms with Crippen molar-refractivity contribution in [1.29, 1.82) is 0 Å². The van der Waals surface area contributed by atoms with Gasteiger partial charge in [-0.3, -0.25) is 4.79 Å². The molecule has 1 aromatic heterocycles. The summed E-state index contributed by atoms with van der Waals surface area (Å²) in [4.78, 5) is 12.8. The van der Waals surface area contributed by atoms with Crippen molar-refractivity contribution < 1.29 is 13.9 Å². The lowest BCUT2D eigenvalue weighted by molar-refractivity contribution is -0.117. The van der Waals surface area contributed by atoms with Gasteiger partial charge in [-0.25, -0.2) is 0 Å². The number of halogens is 1. The predicted octanol–water partition coefficient (Wildman–Crippen LogP) is 7.36. The van der Waals surface area contributed by atoms with Gasteiger partial charge in [0.15, 0.2) is 0 Å². The highest BCUT2D eigenvalue weighted by Crippen LogP contribution is 2.38. The second-order valence-corrected chi connectivity index (χ2v) is 9.55. The summed E-state index contributed by atoms with van der Waals surface area (Å²) in [5.74, 6) is 1.21. The van der Waals surface area contributed by atoms with Crippen LogP contribution >= 0.6 is 15.9 Å². The lowest BCUT2D eigenvalue weighted by Gasteiger charge is -2.29. The molecule has 3 aromatic rings. The van der Waals surface area contributed by atoms with Crippen molar-refractivity contribution in [3.63, 3.8) is 0 Å². The molecule has 5 heteroatoms. The molecule has 2 atom stereocenters. The standard InChI is InChI=1S/C27H30BrNO3/c1-4-31-25-15-26-22(23(16-32-26)19-9-11-20(28)12-10-19)14-21(25)18(3)13-27(30)29-24-8-6-5-7-17(24)2/h9-17,24H,4-8H2,1-3H3,(H,29,30)/b18-13+. The van der Waals surface area contributed by atoms with Gasteiger partial charge in [0.1, 0.15) is 11.3 Å². The van der Waals surface area contributed by atoms with Crippen molar-refractivity contribution in [3.05, 3.63) is 58.8 Å². The zero-order chi connectivity index (χ0) is 22.7. The zero-order valence-corrected chi connectivity index (χ0v) is 20.5. The van der Waals surface area contributed by atoms with E-state index in [4.69, 9.17) is 9.15 Å². The summed E-state index contributed by atoms with van der Waals surface area (Å²) in [6, 6.07) is 12.4. The number of carbonyl (C=O) groups excluding carboxylic acids is 1. The van der Waals surface area contributed by atoms with Crippen LogP contribution in [0, 0.1) is 5.92 Å². The van der Waals surface area contributed by atoms with E-state index in [9.17, 15) is 4.79 Å². The van der Waals surface area contributed by atoms with Gasteiger partial charge in [-0.05, 0) is 61.9 Å². The number of amides is 1. The van der Waals surface area contributed by atoms with Gasteiger partial charge in [-0.15, -0.1) is 0 Å². The minimum Gasteiger partial charge on any atom is -0.493 e. The van der Waals surface area contributed by atoms with Crippen molar-refractivity contribution in [3.8, 4) is 16.9 Å². The molecule has 2 unspecified atom stereocenters. The Morgan fingerprint density at radius 1 is 1.22 bits per heavy atom. The number of nitrogens with one attached hydrogen (secondary N) is 1. The quantitative estimate of drug-likeness (QED) is 0.363. The number of furan rings is 1. The second-order valence-electron chi connectivity index (χ2n) is 8.64. The molecule has 0 spiro atoms. The summed E-state index contributed by atoms with van der Waals surface area (Å²) in [5.41, 5.74) is 4.64. The molecule has 1 N–H and O–H groups in total. The van der Waals surface area contributed by atoms with Crippen LogP contribution in [0.2, 0.25) is 0 Å². The average Bonchev–Trinajstić information content (AvgIpc) is 3.18. The number of benzene rings is 2. The van der Waals surface area contributed by atoms with Gasteiger partial charge in [-0.1, -0.05) is 47.8 Å². The SMILES string of the molecule is CCOc1cc2occ(-c3ccc(Br)cc3)c2cc1/C(C)=C/C(=O)NC1CCCCC1C. The van der Waals surface area contributed by atoms with E-state index < -0.39 is 0 Å². The van der Waals surface area contributed by atoms with Gasteiger partial charge < -0.3 is 14.5 Å². The minimum atomic E-state index is -0.0378. The zero-order valence-electron chi connectivity index (χ0n) is 18.9. The lowest BCUT2D eigenvalue weighted by Crippen LogP contribution is -2.40. The molecule has 0 bridgehead atoms. The monoisotopic (exact) mass is 495 g/mol. The third-order valence-corrected chi connectivity index (χ3v) is 6.87. The fourth-order valence-electron chi connectivity index (χ4n) is 4.52. The van der Waals surface area contributed by atoms with Crippen LogP contribution in [0.1, 0.15) is 52.0 Å². The van der Waals surface area contributed by atoms with Gasteiger partial charge >= 0.3 is 0 Å². The third-order valence-electron chi connectivity index (χ3n) is 6.34. The Kier molecular flexibility index (Phi) is 7.04. The minimum absolute atomic E-state index is 0.0378. The normalized spacial score (nSPS) is 19.2. The predicted molar refractivity (Wildman–Crippen MR) is 134 cm³/mol. The molecule has 1 saturated carbocycles. The Morgan fingerprint density at radius 2 is 1.97 bits per heavy atom. The number of allylic oxidation sites excluding steroid dienone is 1. The first-order chi connectivity index (χ1) is 15.5. The van der Waals surface area contributed by atoms with Gasteiger partial charge in [0.25, 0.3) is 0 Å². The van der Waals surface area contributed by atoms with E-state index in [-0.39, 0.29) is 11.9 Å². The molecule has 1 aliphatic carbocycles. The lowest BCUT2D eigenvalue weighted by atomic mass is 9.86. The van der Waals surface area contributed by atoms with Crippen LogP contribution < -0.4 is 10.1 Å². The Hall–Kier alpha value is -2.53. The molecule has 168 valence electrons. The summed E-state index contributed by atoms with van der Waals surface area (Å²) in [5, 5.41) is 4.22. The van der Waals surface area contributed by atoms with Crippen LogP contribution in [0.15, 0.2) is 57.6 Å². The first-order valence-corrected chi connectivity index (χ1v) is 12.2. The van der Waals surface area contributed by atoms with Crippen molar-refractivity contribution in [2.45, 2.75) is 52.5 Å². The summed E-state index contributed by atoms with van der Waals surface area (Å²) < 4.78 is 12.8. The molecule has 0 radical (unpaired) electrons. The molecule has 4 rings (SSSR count). The molecule has 4 nitrogen and oxygen atoms in total. The van der Waals surface area contributed by atoms with E-state index >= 15 is 0 Å². The van der Waals surface area contributed by atoms with Gasteiger partial charge in [0, 0.05) is 39.2 Å². The number of hydrogen-bond acceptors (Lipinski definition) is 3. The number of carbonyl (C=O) groups is 1. The van der Waals surface area contributed by atoms with Gasteiger partial charge in [0.05, 0.1) is 12.9 Å². The Morgan fingerprint density at radius 3 is 2.69 bits per heavy atom. The Labute approximate surface area is 198 Å². The van der Waals surface area contributed by atoms with Crippen molar-refractivity contribution >= 4 is 38.4 Å². The summed E-state index contributed by atoms with van der Waals surface area (Å²) in [6.07, 6.45) is 8.15. The van der Waals surface area contributed by atoms with Gasteiger partial charge in [-0.2, -0.15) is 0 Å². The van der Waals surface area contributed by atoms with Crippen LogP contribution in [0.3, 0.4) is 0 Å². The number of fused-ring (bicyclic) bond motifs is 1. The highest BCUT2D eigenvalue weighted by Gasteiger charge is 2.22. The molecular weight excluding hydrogens is 466 g/mol. The van der Waals surface area contributed by atoms with E-state index in [0.717, 1.165) is 49.9 Å². The topological polar surface area (TPSA) is 51.5 Å². The number of hydrogen-bond donors (Lipinski definition) is 1. The average molecular weight is 496 g/mol. The van der Waals surface area contributed by atoms with Crippen LogP contribution in [0.25, 0.3) is 27.7 Å². The van der Waals surface area contributed by atoms with Crippen LogP contribution in [0.4, 0.5) is 0 Å². The molecule has 0 saturated heterocycles. The Balaban J connectivity index is 1.68. The maximum absolute atomic E-state index is 12.8. The second kappa shape index (κ2) is 9.95. The number of ether oxygens (including phenoxy) is 1. The fraction of sp³-hybridized carbons (Fsp3) is 0.370. The fourth-order valence-corrected chi connectivity index (χ4v) is 4.78. The largest absolute Gasteiger partial charge is 0.493 e. The summed E-state index contributed by atoms with van der Waals surface area (Å²) >= 11 is 3.49. The molecule has 1 heterocycles. The summed E-state index contributed by atoms with van der Waals surface area (Å²) in [7, 11) is 0. The van der Waals surface area contributed by atoms with E-state index in [1.165, 1.54) is 19.3 Å². The van der Waals surface area contributed by atoms with Crippen LogP contribution in [-0.2, 0) is 4.79 Å². The van der Waals surface area contributed by atoms with E-state index in [2.05, 4.69) is 46.4 Å². The Bertz CT molecular complexity index is 1130. The molecule has 2 aromatic carbocycles. The van der Waals surface area contributed by atoms with E-state index in [1.807, 2.05) is 32.0 Å². The maximum atomic E-state index is 12.8. The smallest absolute Gasteiger partial charge is 0.244 e.